The summed E-state index contributed by atoms with van der Waals surface area (Å²) in [5.74, 6) is 0.474. The molecule has 1 saturated heterocycles. The molecule has 1 heterocycles. The number of rotatable bonds is 10. The third-order valence-electron chi connectivity index (χ3n) is 5.01. The van der Waals surface area contributed by atoms with E-state index in [-0.39, 0.29) is 36.7 Å². The molecule has 170 valence electrons. The van der Waals surface area contributed by atoms with Crippen molar-refractivity contribution in [3.63, 3.8) is 0 Å². The molecule has 0 aromatic heterocycles. The van der Waals surface area contributed by atoms with Crippen LogP contribution in [-0.4, -0.2) is 44.0 Å². The zero-order chi connectivity index (χ0) is 22.9. The van der Waals surface area contributed by atoms with E-state index in [2.05, 4.69) is 10.6 Å². The highest BCUT2D eigenvalue weighted by atomic mass is 16.5. The van der Waals surface area contributed by atoms with E-state index < -0.39 is 0 Å². The lowest BCUT2D eigenvalue weighted by molar-refractivity contribution is -0.126. The standard InChI is InChI=1S/C24H29N3O5/c1-3-13-25-24(30)17-14-23(29)27(15-17)19-7-11-21(12-8-19)32-16-22(28)26-18-5-9-20(10-6-18)31-4-2/h5-12,17H,3-4,13-16H2,1-2H3,(H,25,30)(H,26,28). The SMILES string of the molecule is CCCNC(=O)C1CC(=O)N(c2ccc(OCC(=O)Nc3ccc(OCC)cc3)cc2)C1. The molecule has 3 amide bonds. The van der Waals surface area contributed by atoms with Crippen molar-refractivity contribution in [2.45, 2.75) is 26.7 Å². The Morgan fingerprint density at radius 2 is 1.66 bits per heavy atom. The van der Waals surface area contributed by atoms with Crippen LogP contribution in [0.4, 0.5) is 11.4 Å². The van der Waals surface area contributed by atoms with Gasteiger partial charge in [-0.1, -0.05) is 6.92 Å². The van der Waals surface area contributed by atoms with Crippen LogP contribution in [-0.2, 0) is 14.4 Å². The molecule has 8 heteroatoms. The number of hydrogen-bond donors (Lipinski definition) is 2. The van der Waals surface area contributed by atoms with Gasteiger partial charge in [0, 0.05) is 30.9 Å². The predicted molar refractivity (Wildman–Crippen MR) is 122 cm³/mol. The van der Waals surface area contributed by atoms with Crippen LogP contribution in [0, 0.1) is 5.92 Å². The van der Waals surface area contributed by atoms with Gasteiger partial charge in [-0.05, 0) is 61.9 Å². The van der Waals surface area contributed by atoms with Gasteiger partial charge in [0.1, 0.15) is 11.5 Å². The average molecular weight is 440 g/mol. The van der Waals surface area contributed by atoms with Crippen LogP contribution in [0.1, 0.15) is 26.7 Å². The van der Waals surface area contributed by atoms with E-state index in [0.717, 1.165) is 12.2 Å². The average Bonchev–Trinajstić information content (AvgIpc) is 3.19. The molecule has 0 bridgehead atoms. The van der Waals surface area contributed by atoms with Crippen LogP contribution in [0.25, 0.3) is 0 Å². The van der Waals surface area contributed by atoms with E-state index in [9.17, 15) is 14.4 Å². The first-order chi connectivity index (χ1) is 15.5. The minimum absolute atomic E-state index is 0.0787. The normalized spacial score (nSPS) is 15.4. The van der Waals surface area contributed by atoms with Gasteiger partial charge in [-0.15, -0.1) is 0 Å². The number of nitrogens with one attached hydrogen (secondary N) is 2. The highest BCUT2D eigenvalue weighted by Gasteiger charge is 2.34. The fourth-order valence-corrected chi connectivity index (χ4v) is 3.39. The summed E-state index contributed by atoms with van der Waals surface area (Å²) in [7, 11) is 0. The van der Waals surface area contributed by atoms with E-state index in [1.807, 2.05) is 13.8 Å². The third-order valence-corrected chi connectivity index (χ3v) is 5.01. The monoisotopic (exact) mass is 439 g/mol. The van der Waals surface area contributed by atoms with Crippen molar-refractivity contribution in [3.05, 3.63) is 48.5 Å². The second-order valence-corrected chi connectivity index (χ2v) is 7.48. The van der Waals surface area contributed by atoms with Crippen LogP contribution >= 0.6 is 0 Å². The maximum Gasteiger partial charge on any atom is 0.262 e. The van der Waals surface area contributed by atoms with Crippen molar-refractivity contribution < 1.29 is 23.9 Å². The fourth-order valence-electron chi connectivity index (χ4n) is 3.39. The minimum Gasteiger partial charge on any atom is -0.494 e. The molecule has 1 fully saturated rings. The van der Waals surface area contributed by atoms with E-state index in [1.54, 1.807) is 53.4 Å². The quantitative estimate of drug-likeness (QED) is 0.593. The molecule has 0 radical (unpaired) electrons. The minimum atomic E-state index is -0.337. The van der Waals surface area contributed by atoms with Gasteiger partial charge in [0.05, 0.1) is 12.5 Å². The highest BCUT2D eigenvalue weighted by molar-refractivity contribution is 6.00. The maximum atomic E-state index is 12.3. The number of ether oxygens (including phenoxy) is 2. The predicted octanol–water partition coefficient (Wildman–Crippen LogP) is 2.98. The van der Waals surface area contributed by atoms with Gasteiger partial charge < -0.3 is 25.0 Å². The molecule has 2 N–H and O–H groups in total. The van der Waals surface area contributed by atoms with Gasteiger partial charge in [-0.3, -0.25) is 14.4 Å². The van der Waals surface area contributed by atoms with Crippen LogP contribution in [0.3, 0.4) is 0 Å². The second-order valence-electron chi connectivity index (χ2n) is 7.48. The van der Waals surface area contributed by atoms with Crippen molar-refractivity contribution in [1.29, 1.82) is 0 Å². The van der Waals surface area contributed by atoms with Crippen LogP contribution in [0.2, 0.25) is 0 Å². The fraction of sp³-hybridized carbons (Fsp3) is 0.375. The number of hydrogen-bond acceptors (Lipinski definition) is 5. The lowest BCUT2D eigenvalue weighted by atomic mass is 10.1. The van der Waals surface area contributed by atoms with Crippen molar-refractivity contribution in [2.24, 2.45) is 5.92 Å². The van der Waals surface area contributed by atoms with Gasteiger partial charge >= 0.3 is 0 Å². The number of nitrogens with zero attached hydrogens (tertiary/aromatic N) is 1. The lowest BCUT2D eigenvalue weighted by Crippen LogP contribution is -2.33. The Labute approximate surface area is 187 Å². The molecule has 0 spiro atoms. The second kappa shape index (κ2) is 11.2. The number of carbonyl (C=O) groups is 3. The Morgan fingerprint density at radius 3 is 2.31 bits per heavy atom. The van der Waals surface area contributed by atoms with E-state index in [1.165, 1.54) is 0 Å². The van der Waals surface area contributed by atoms with Crippen LogP contribution in [0.5, 0.6) is 11.5 Å². The molecule has 32 heavy (non-hydrogen) atoms. The van der Waals surface area contributed by atoms with Crippen molar-refractivity contribution >= 4 is 29.1 Å². The molecular weight excluding hydrogens is 410 g/mol. The zero-order valence-corrected chi connectivity index (χ0v) is 18.4. The Kier molecular flexibility index (Phi) is 8.08. The molecule has 0 aliphatic carbocycles. The summed E-state index contributed by atoms with van der Waals surface area (Å²) in [6.07, 6.45) is 1.06. The van der Waals surface area contributed by atoms with Crippen LogP contribution in [0.15, 0.2) is 48.5 Å². The molecule has 1 aliphatic rings. The summed E-state index contributed by atoms with van der Waals surface area (Å²) in [5, 5.41) is 5.61. The first kappa shape index (κ1) is 23.1. The molecule has 1 unspecified atom stereocenters. The van der Waals surface area contributed by atoms with E-state index >= 15 is 0 Å². The van der Waals surface area contributed by atoms with Gasteiger partial charge in [0.25, 0.3) is 5.91 Å². The van der Waals surface area contributed by atoms with Crippen molar-refractivity contribution in [1.82, 2.24) is 5.32 Å². The van der Waals surface area contributed by atoms with Gasteiger partial charge in [-0.2, -0.15) is 0 Å². The van der Waals surface area contributed by atoms with Gasteiger partial charge in [-0.25, -0.2) is 0 Å². The number of anilines is 2. The van der Waals surface area contributed by atoms with Gasteiger partial charge in [0.2, 0.25) is 11.8 Å². The Balaban J connectivity index is 1.48. The number of amides is 3. The largest absolute Gasteiger partial charge is 0.494 e. The smallest absolute Gasteiger partial charge is 0.262 e. The Morgan fingerprint density at radius 1 is 1.00 bits per heavy atom. The summed E-state index contributed by atoms with van der Waals surface area (Å²) < 4.78 is 10.9. The zero-order valence-electron chi connectivity index (χ0n) is 18.4. The lowest BCUT2D eigenvalue weighted by Gasteiger charge is -2.17. The highest BCUT2D eigenvalue weighted by Crippen LogP contribution is 2.27. The van der Waals surface area contributed by atoms with Crippen LogP contribution < -0.4 is 25.0 Å². The van der Waals surface area contributed by atoms with Crippen molar-refractivity contribution in [3.8, 4) is 11.5 Å². The number of benzene rings is 2. The topological polar surface area (TPSA) is 97.0 Å². The summed E-state index contributed by atoms with van der Waals surface area (Å²) in [6.45, 7) is 5.31. The van der Waals surface area contributed by atoms with Gasteiger partial charge in [0.15, 0.2) is 6.61 Å². The molecule has 2 aromatic rings. The number of carbonyl (C=O) groups excluding carboxylic acids is 3. The summed E-state index contributed by atoms with van der Waals surface area (Å²) >= 11 is 0. The molecule has 0 saturated carbocycles. The molecular formula is C24H29N3O5. The summed E-state index contributed by atoms with van der Waals surface area (Å²) in [4.78, 5) is 38.2. The molecule has 8 nitrogen and oxygen atoms in total. The Bertz CT molecular complexity index is 928. The summed E-state index contributed by atoms with van der Waals surface area (Å²) in [6, 6.07) is 14.0. The first-order valence-electron chi connectivity index (χ1n) is 10.8. The first-order valence-corrected chi connectivity index (χ1v) is 10.8. The molecule has 2 aromatic carbocycles. The molecule has 1 aliphatic heterocycles. The van der Waals surface area contributed by atoms with E-state index in [0.29, 0.717) is 36.8 Å². The van der Waals surface area contributed by atoms with E-state index in [4.69, 9.17) is 9.47 Å². The molecule has 3 rings (SSSR count). The Hall–Kier alpha value is -3.55. The van der Waals surface area contributed by atoms with Crippen molar-refractivity contribution in [2.75, 3.05) is 36.5 Å². The third kappa shape index (κ3) is 6.23. The molecule has 1 atom stereocenters. The maximum absolute atomic E-state index is 12.3. The summed E-state index contributed by atoms with van der Waals surface area (Å²) in [5.41, 5.74) is 1.36.